The van der Waals surface area contributed by atoms with Gasteiger partial charge in [0.1, 0.15) is 11.7 Å². The van der Waals surface area contributed by atoms with E-state index in [1.165, 1.54) is 36.3 Å². The number of piperidine rings is 1. The van der Waals surface area contributed by atoms with E-state index in [-0.39, 0.29) is 17.2 Å². The molecule has 1 fully saturated rings. The zero-order valence-corrected chi connectivity index (χ0v) is 19.5. The van der Waals surface area contributed by atoms with Gasteiger partial charge in [-0.1, -0.05) is 23.2 Å². The van der Waals surface area contributed by atoms with Gasteiger partial charge in [0.05, 0.1) is 21.6 Å². The fourth-order valence-corrected chi connectivity index (χ4v) is 3.96. The normalized spacial score (nSPS) is 15.7. The van der Waals surface area contributed by atoms with Gasteiger partial charge in [0.2, 0.25) is 5.91 Å². The highest BCUT2D eigenvalue weighted by molar-refractivity contribution is 6.42. The van der Waals surface area contributed by atoms with Gasteiger partial charge in [-0.25, -0.2) is 0 Å². The highest BCUT2D eigenvalue weighted by atomic mass is 35.5. The number of nitrogens with one attached hydrogen (secondary N) is 2. The summed E-state index contributed by atoms with van der Waals surface area (Å²) in [4.78, 5) is 38.7. The first kappa shape index (κ1) is 24.8. The van der Waals surface area contributed by atoms with E-state index < -0.39 is 16.9 Å². The molecule has 0 bridgehead atoms. The van der Waals surface area contributed by atoms with Gasteiger partial charge >= 0.3 is 0 Å². The van der Waals surface area contributed by atoms with Crippen LogP contribution in [0.5, 0.6) is 0 Å². The summed E-state index contributed by atoms with van der Waals surface area (Å²) in [5, 5.41) is 17.9. The molecule has 1 aliphatic heterocycles. The molecule has 1 unspecified atom stereocenters. The molecule has 2 aromatic carbocycles. The lowest BCUT2D eigenvalue weighted by Gasteiger charge is -2.34. The average Bonchev–Trinajstić information content (AvgIpc) is 2.81. The van der Waals surface area contributed by atoms with E-state index in [0.29, 0.717) is 47.5 Å². The summed E-state index contributed by atoms with van der Waals surface area (Å²) in [5.74, 6) is -0.788. The molecule has 176 valence electrons. The lowest BCUT2D eigenvalue weighted by molar-refractivity contribution is -0.384. The molecule has 1 saturated heterocycles. The van der Waals surface area contributed by atoms with Crippen molar-refractivity contribution >= 4 is 52.1 Å². The third-order valence-corrected chi connectivity index (χ3v) is 6.06. The number of hydrogen-bond acceptors (Lipinski definition) is 6. The number of halogens is 2. The van der Waals surface area contributed by atoms with Crippen LogP contribution in [0.4, 0.5) is 17.1 Å². The maximum atomic E-state index is 13.3. The van der Waals surface area contributed by atoms with Gasteiger partial charge in [0.15, 0.2) is 0 Å². The topological polar surface area (TPSA) is 114 Å². The SMILES string of the molecule is COCCNc1ccc(C(=O)N2CCCCC2C(=O)Nc2ccc(Cl)c(Cl)c2)cc1[N+](=O)[O-]. The first-order valence-corrected chi connectivity index (χ1v) is 11.2. The summed E-state index contributed by atoms with van der Waals surface area (Å²) in [7, 11) is 1.53. The Morgan fingerprint density at radius 2 is 1.97 bits per heavy atom. The van der Waals surface area contributed by atoms with Gasteiger partial charge in [0, 0.05) is 37.5 Å². The Labute approximate surface area is 201 Å². The highest BCUT2D eigenvalue weighted by Gasteiger charge is 2.33. The first-order valence-electron chi connectivity index (χ1n) is 10.4. The Kier molecular flexibility index (Phi) is 8.49. The van der Waals surface area contributed by atoms with Crippen molar-refractivity contribution in [1.29, 1.82) is 0 Å². The zero-order valence-electron chi connectivity index (χ0n) is 18.0. The fourth-order valence-electron chi connectivity index (χ4n) is 3.67. The van der Waals surface area contributed by atoms with Crippen molar-refractivity contribution < 1.29 is 19.2 Å². The minimum absolute atomic E-state index is 0.147. The second-order valence-corrected chi connectivity index (χ2v) is 8.35. The predicted octanol–water partition coefficient (Wildman–Crippen LogP) is 4.59. The molecule has 3 rings (SSSR count). The Morgan fingerprint density at radius 3 is 2.67 bits per heavy atom. The number of hydrogen-bond donors (Lipinski definition) is 2. The molecule has 0 aliphatic carbocycles. The third kappa shape index (κ3) is 6.13. The van der Waals surface area contributed by atoms with Crippen LogP contribution in [0.2, 0.25) is 10.0 Å². The molecule has 0 aromatic heterocycles. The van der Waals surface area contributed by atoms with Crippen molar-refractivity contribution in [3.8, 4) is 0 Å². The molecule has 0 spiro atoms. The second kappa shape index (κ2) is 11.3. The van der Waals surface area contributed by atoms with Crippen LogP contribution in [0.15, 0.2) is 36.4 Å². The number of likely N-dealkylation sites (tertiary alicyclic amines) is 1. The lowest BCUT2D eigenvalue weighted by Crippen LogP contribution is -2.50. The first-order chi connectivity index (χ1) is 15.8. The smallest absolute Gasteiger partial charge is 0.293 e. The third-order valence-electron chi connectivity index (χ3n) is 5.32. The molecule has 0 radical (unpaired) electrons. The van der Waals surface area contributed by atoms with Crippen LogP contribution in [0, 0.1) is 10.1 Å². The molecular weight excluding hydrogens is 471 g/mol. The monoisotopic (exact) mass is 494 g/mol. The van der Waals surface area contributed by atoms with E-state index in [0.717, 1.165) is 12.8 Å². The minimum atomic E-state index is -0.709. The van der Waals surface area contributed by atoms with Gasteiger partial charge in [0.25, 0.3) is 11.6 Å². The molecule has 11 heteroatoms. The van der Waals surface area contributed by atoms with Crippen molar-refractivity contribution in [1.82, 2.24) is 4.90 Å². The number of nitro benzene ring substituents is 1. The number of nitrogens with zero attached hydrogens (tertiary/aromatic N) is 2. The summed E-state index contributed by atoms with van der Waals surface area (Å²) in [5.41, 5.74) is 0.689. The number of benzene rings is 2. The number of amides is 2. The van der Waals surface area contributed by atoms with E-state index in [4.69, 9.17) is 27.9 Å². The van der Waals surface area contributed by atoms with E-state index in [2.05, 4.69) is 10.6 Å². The van der Waals surface area contributed by atoms with Gasteiger partial charge in [-0.15, -0.1) is 0 Å². The van der Waals surface area contributed by atoms with Crippen LogP contribution in [0.25, 0.3) is 0 Å². The van der Waals surface area contributed by atoms with E-state index >= 15 is 0 Å². The van der Waals surface area contributed by atoms with E-state index in [9.17, 15) is 19.7 Å². The quantitative estimate of drug-likeness (QED) is 0.315. The van der Waals surface area contributed by atoms with Crippen LogP contribution in [0.1, 0.15) is 29.6 Å². The van der Waals surface area contributed by atoms with Crippen molar-refractivity contribution in [2.75, 3.05) is 37.4 Å². The molecule has 9 nitrogen and oxygen atoms in total. The van der Waals surface area contributed by atoms with E-state index in [1.54, 1.807) is 12.1 Å². The van der Waals surface area contributed by atoms with Crippen molar-refractivity contribution in [2.24, 2.45) is 0 Å². The number of anilines is 2. The number of methoxy groups -OCH3 is 1. The van der Waals surface area contributed by atoms with Gasteiger partial charge in [-0.3, -0.25) is 19.7 Å². The van der Waals surface area contributed by atoms with Gasteiger partial charge in [-0.05, 0) is 49.6 Å². The Hall–Kier alpha value is -2.88. The minimum Gasteiger partial charge on any atom is -0.383 e. The van der Waals surface area contributed by atoms with Crippen molar-refractivity contribution in [3.05, 3.63) is 62.1 Å². The summed E-state index contributed by atoms with van der Waals surface area (Å²) in [6.45, 7) is 1.13. The molecule has 33 heavy (non-hydrogen) atoms. The molecule has 1 aliphatic rings. The van der Waals surface area contributed by atoms with Gasteiger partial charge in [-0.2, -0.15) is 0 Å². The number of ether oxygens (including phenoxy) is 1. The van der Waals surface area contributed by atoms with Crippen LogP contribution in [-0.2, 0) is 9.53 Å². The summed E-state index contributed by atoms with van der Waals surface area (Å²) < 4.78 is 4.95. The standard InChI is InChI=1S/C22H24Cl2N4O5/c1-33-11-9-25-18-8-5-14(12-20(18)28(31)32)22(30)27-10-3-2-4-19(27)21(29)26-15-6-7-16(23)17(24)13-15/h5-8,12-13,19,25H,2-4,9-11H2,1H3,(H,26,29). The van der Waals surface area contributed by atoms with Crippen molar-refractivity contribution in [2.45, 2.75) is 25.3 Å². The average molecular weight is 495 g/mol. The molecular formula is C22H24Cl2N4O5. The molecule has 1 heterocycles. The lowest BCUT2D eigenvalue weighted by atomic mass is 9.99. The number of carbonyl (C=O) groups excluding carboxylic acids is 2. The molecule has 1 atom stereocenters. The second-order valence-electron chi connectivity index (χ2n) is 7.54. The van der Waals surface area contributed by atoms with Crippen LogP contribution in [-0.4, -0.2) is 54.5 Å². The van der Waals surface area contributed by atoms with Crippen LogP contribution in [0.3, 0.4) is 0 Å². The summed E-state index contributed by atoms with van der Waals surface area (Å²) in [6.07, 6.45) is 2.00. The Balaban J connectivity index is 1.80. The summed E-state index contributed by atoms with van der Waals surface area (Å²) >= 11 is 11.9. The van der Waals surface area contributed by atoms with Crippen LogP contribution < -0.4 is 10.6 Å². The zero-order chi connectivity index (χ0) is 24.0. The number of nitro groups is 1. The molecule has 2 aromatic rings. The highest BCUT2D eigenvalue weighted by Crippen LogP contribution is 2.29. The van der Waals surface area contributed by atoms with Gasteiger partial charge < -0.3 is 20.3 Å². The Bertz CT molecular complexity index is 1050. The molecule has 0 saturated carbocycles. The van der Waals surface area contributed by atoms with E-state index in [1.807, 2.05) is 0 Å². The number of carbonyl (C=O) groups is 2. The van der Waals surface area contributed by atoms with Crippen LogP contribution >= 0.6 is 23.2 Å². The largest absolute Gasteiger partial charge is 0.383 e. The summed E-state index contributed by atoms with van der Waals surface area (Å²) in [6, 6.07) is 8.28. The predicted molar refractivity (Wildman–Crippen MR) is 127 cm³/mol. The Morgan fingerprint density at radius 1 is 1.18 bits per heavy atom. The maximum Gasteiger partial charge on any atom is 0.293 e. The number of rotatable bonds is 8. The van der Waals surface area contributed by atoms with Crippen molar-refractivity contribution in [3.63, 3.8) is 0 Å². The maximum absolute atomic E-state index is 13.3. The molecule has 2 amide bonds. The fraction of sp³-hybridized carbons (Fsp3) is 0.364. The molecule has 2 N–H and O–H groups in total.